The van der Waals surface area contributed by atoms with Crippen molar-refractivity contribution in [3.05, 3.63) is 89.5 Å². The molecule has 4 aromatic rings. The van der Waals surface area contributed by atoms with Crippen molar-refractivity contribution in [1.82, 2.24) is 25.7 Å². The molecule has 1 amide bonds. The summed E-state index contributed by atoms with van der Waals surface area (Å²) >= 11 is 0. The summed E-state index contributed by atoms with van der Waals surface area (Å²) in [5, 5.41) is 49.2. The molecule has 48 heavy (non-hydrogen) atoms. The molecule has 14 nitrogen and oxygen atoms in total. The Kier molecular flexibility index (Phi) is 12.1. The number of hydroxylamine groups is 1. The van der Waals surface area contributed by atoms with Gasteiger partial charge in [-0.25, -0.2) is 15.4 Å². The van der Waals surface area contributed by atoms with Crippen LogP contribution in [-0.2, 0) is 16.1 Å². The summed E-state index contributed by atoms with van der Waals surface area (Å²) in [7, 11) is 1.47. The number of carbonyl (C=O) groups is 2. The summed E-state index contributed by atoms with van der Waals surface area (Å²) in [6.07, 6.45) is 9.05. The molecule has 1 aliphatic heterocycles. The van der Waals surface area contributed by atoms with Crippen molar-refractivity contribution in [1.29, 1.82) is 10.5 Å². The van der Waals surface area contributed by atoms with Crippen LogP contribution in [-0.4, -0.2) is 69.0 Å². The number of nitrogens with zero attached hydrogens (tertiary/aromatic N) is 6. The predicted molar refractivity (Wildman–Crippen MR) is 175 cm³/mol. The Morgan fingerprint density at radius 3 is 2.38 bits per heavy atom. The van der Waals surface area contributed by atoms with E-state index in [0.29, 0.717) is 59.1 Å². The average Bonchev–Trinajstić information content (AvgIpc) is 3.13. The number of benzene rings is 2. The highest BCUT2D eigenvalue weighted by Gasteiger charge is 2.26. The lowest BCUT2D eigenvalue weighted by molar-refractivity contribution is -0.124. The van der Waals surface area contributed by atoms with Crippen LogP contribution in [0.5, 0.6) is 11.5 Å². The number of rotatable bonds is 9. The minimum atomic E-state index is -0.586. The third-order valence-corrected chi connectivity index (χ3v) is 7.59. The highest BCUT2D eigenvalue weighted by Crippen LogP contribution is 2.40. The van der Waals surface area contributed by atoms with Crippen LogP contribution in [0.15, 0.2) is 67.1 Å². The number of anilines is 1. The zero-order valence-corrected chi connectivity index (χ0v) is 25.9. The fourth-order valence-electron chi connectivity index (χ4n) is 5.22. The summed E-state index contributed by atoms with van der Waals surface area (Å²) < 4.78 is 5.19. The molecule has 244 valence electrons. The Hall–Kier alpha value is -6.35. The average molecular weight is 649 g/mol. The number of hydrogen-bond acceptors (Lipinski definition) is 12. The first kappa shape index (κ1) is 34.5. The number of phenols is 1. The normalized spacial score (nSPS) is 12.7. The summed E-state index contributed by atoms with van der Waals surface area (Å²) in [6.45, 7) is 1.78. The predicted octanol–water partition coefficient (Wildman–Crippen LogP) is 3.64. The zero-order chi connectivity index (χ0) is 34.5. The van der Waals surface area contributed by atoms with Gasteiger partial charge in [-0.3, -0.25) is 19.8 Å². The van der Waals surface area contributed by atoms with Crippen molar-refractivity contribution in [3.8, 4) is 46.0 Å². The van der Waals surface area contributed by atoms with E-state index in [2.05, 4.69) is 26.3 Å². The first-order chi connectivity index (χ1) is 23.3. The molecule has 0 spiro atoms. The number of aromatic nitrogens is 3. The number of carbonyl (C=O) groups excluding carboxylic acids is 1. The molecule has 0 radical (unpaired) electrons. The van der Waals surface area contributed by atoms with E-state index in [-0.39, 0.29) is 24.0 Å². The molecule has 2 aromatic carbocycles. The summed E-state index contributed by atoms with van der Waals surface area (Å²) in [5.74, 6) is 0.219. The van der Waals surface area contributed by atoms with E-state index in [1.54, 1.807) is 36.0 Å². The number of amides is 1. The van der Waals surface area contributed by atoms with Gasteiger partial charge < -0.3 is 25.2 Å². The van der Waals surface area contributed by atoms with Gasteiger partial charge in [-0.2, -0.15) is 10.5 Å². The quantitative estimate of drug-likeness (QED) is 0.0759. The Labute approximate surface area is 276 Å². The highest BCUT2D eigenvalue weighted by molar-refractivity contribution is 5.91. The lowest BCUT2D eigenvalue weighted by atomic mass is 9.94. The number of phenolic OH excluding ortho intramolecular Hbond substituents is 1. The van der Waals surface area contributed by atoms with Crippen molar-refractivity contribution in [3.63, 3.8) is 0 Å². The maximum absolute atomic E-state index is 11.2. The number of nitrogens with one attached hydrogen (secondary N) is 2. The van der Waals surface area contributed by atoms with Gasteiger partial charge in [-0.15, -0.1) is 0 Å². The lowest BCUT2D eigenvalue weighted by Crippen LogP contribution is -2.42. The molecule has 0 saturated carbocycles. The minimum Gasteiger partial charge on any atom is -0.504 e. The molecule has 2 aromatic heterocycles. The fraction of sp³-hybridized carbons (Fsp3) is 0.206. The molecular formula is C34H32N8O6. The van der Waals surface area contributed by atoms with E-state index in [4.69, 9.17) is 24.8 Å². The van der Waals surface area contributed by atoms with E-state index < -0.39 is 5.91 Å². The Morgan fingerprint density at radius 2 is 1.79 bits per heavy atom. The van der Waals surface area contributed by atoms with E-state index in [1.807, 2.05) is 30.3 Å². The summed E-state index contributed by atoms with van der Waals surface area (Å²) in [6, 6.07) is 17.3. The van der Waals surface area contributed by atoms with Crippen molar-refractivity contribution in [2.45, 2.75) is 25.4 Å². The number of nitriles is 2. The maximum Gasteiger partial charge on any atom is 0.290 e. The van der Waals surface area contributed by atoms with E-state index >= 15 is 0 Å². The standard InChI is InChI=1S/C33H30N8O4.CH2O2/c1-45-30-8-7-23(14-29(30)42)27-19-39-33(26(16-35)32(27)28-20-37-25(15-34)18-38-28)41-12-10-24(11-13-41)36-17-22-4-2-21(3-5-22)6-9-31(43)40-44;2-1-3/h2-9,14,18-20,24,36,42,44H,10-13,17H2,1H3,(H,40,43);1H,(H,2,3)/b9-6+;. The van der Waals surface area contributed by atoms with Gasteiger partial charge in [0.15, 0.2) is 17.2 Å². The Morgan fingerprint density at radius 1 is 1.06 bits per heavy atom. The molecule has 3 heterocycles. The Balaban J connectivity index is 0.00000167. The second-order valence-corrected chi connectivity index (χ2v) is 10.4. The minimum absolute atomic E-state index is 0.0520. The van der Waals surface area contributed by atoms with Gasteiger partial charge >= 0.3 is 0 Å². The lowest BCUT2D eigenvalue weighted by Gasteiger charge is -2.34. The summed E-state index contributed by atoms with van der Waals surface area (Å²) in [4.78, 5) is 35.0. The number of ether oxygens (including phenoxy) is 1. The van der Waals surface area contributed by atoms with E-state index in [1.165, 1.54) is 25.6 Å². The maximum atomic E-state index is 11.2. The van der Waals surface area contributed by atoms with Gasteiger partial charge in [-0.05, 0) is 47.7 Å². The number of hydrogen-bond donors (Lipinski definition) is 5. The molecule has 5 N–H and O–H groups in total. The van der Waals surface area contributed by atoms with Crippen LogP contribution in [0.2, 0.25) is 0 Å². The molecule has 1 aliphatic rings. The molecule has 1 fully saturated rings. The highest BCUT2D eigenvalue weighted by atomic mass is 16.5. The van der Waals surface area contributed by atoms with Gasteiger partial charge in [0, 0.05) is 49.1 Å². The number of carboxylic acid groups (broad SMARTS) is 1. The van der Waals surface area contributed by atoms with Crippen LogP contribution in [0.25, 0.3) is 28.5 Å². The first-order valence-electron chi connectivity index (χ1n) is 14.7. The van der Waals surface area contributed by atoms with Gasteiger partial charge in [0.25, 0.3) is 12.4 Å². The fourth-order valence-corrected chi connectivity index (χ4v) is 5.22. The third kappa shape index (κ3) is 8.46. The van der Waals surface area contributed by atoms with Crippen LogP contribution >= 0.6 is 0 Å². The largest absolute Gasteiger partial charge is 0.504 e. The molecular weight excluding hydrogens is 616 g/mol. The van der Waals surface area contributed by atoms with Crippen molar-refractivity contribution in [2.75, 3.05) is 25.1 Å². The smallest absolute Gasteiger partial charge is 0.290 e. The first-order valence-corrected chi connectivity index (χ1v) is 14.7. The van der Waals surface area contributed by atoms with Crippen LogP contribution in [0.3, 0.4) is 0 Å². The van der Waals surface area contributed by atoms with Gasteiger partial charge in [0.1, 0.15) is 23.5 Å². The second kappa shape index (κ2) is 16.8. The molecule has 0 aliphatic carbocycles. The van der Waals surface area contributed by atoms with Crippen LogP contribution in [0, 0.1) is 22.7 Å². The zero-order valence-electron chi connectivity index (χ0n) is 25.9. The van der Waals surface area contributed by atoms with Crippen molar-refractivity contribution in [2.24, 2.45) is 0 Å². The van der Waals surface area contributed by atoms with E-state index in [0.717, 1.165) is 24.0 Å². The summed E-state index contributed by atoms with van der Waals surface area (Å²) in [5.41, 5.74) is 6.13. The van der Waals surface area contributed by atoms with E-state index in [9.17, 15) is 20.4 Å². The number of methoxy groups -OCH3 is 1. The topological polar surface area (TPSA) is 218 Å². The van der Waals surface area contributed by atoms with Crippen LogP contribution in [0.1, 0.15) is 35.2 Å². The monoisotopic (exact) mass is 648 g/mol. The van der Waals surface area contributed by atoms with Gasteiger partial charge in [0.05, 0.1) is 25.2 Å². The van der Waals surface area contributed by atoms with Crippen molar-refractivity contribution >= 4 is 24.3 Å². The van der Waals surface area contributed by atoms with Crippen LogP contribution < -0.4 is 20.4 Å². The van der Waals surface area contributed by atoms with Crippen molar-refractivity contribution < 1.29 is 29.7 Å². The third-order valence-electron chi connectivity index (χ3n) is 7.59. The number of piperidine rings is 1. The number of aromatic hydroxyl groups is 1. The number of pyridine rings is 1. The molecule has 0 unspecified atom stereocenters. The molecule has 0 bridgehead atoms. The second-order valence-electron chi connectivity index (χ2n) is 10.4. The van der Waals surface area contributed by atoms with Gasteiger partial charge in [0.2, 0.25) is 0 Å². The Bertz CT molecular complexity index is 1840. The molecule has 0 atom stereocenters. The SMILES string of the molecule is COc1ccc(-c2cnc(N3CCC(NCc4ccc(/C=C/C(=O)NO)cc4)CC3)c(C#N)c2-c2cnc(C#N)cn2)cc1O.O=CO. The van der Waals surface area contributed by atoms with Crippen LogP contribution in [0.4, 0.5) is 5.82 Å². The molecule has 1 saturated heterocycles. The van der Waals surface area contributed by atoms with Gasteiger partial charge in [-0.1, -0.05) is 30.3 Å². The molecule has 5 rings (SSSR count). The molecule has 14 heteroatoms.